The SMILES string of the molecule is O=C(C=Cc1c(F)cccc1Cl)NCC1CCCC1CO. The summed E-state index contributed by atoms with van der Waals surface area (Å²) in [7, 11) is 0. The molecule has 1 saturated carbocycles. The van der Waals surface area contributed by atoms with Crippen molar-refractivity contribution in [3.05, 3.63) is 40.7 Å². The average Bonchev–Trinajstić information content (AvgIpc) is 2.92. The van der Waals surface area contributed by atoms with Crippen molar-refractivity contribution >= 4 is 23.6 Å². The fourth-order valence-electron chi connectivity index (χ4n) is 2.74. The van der Waals surface area contributed by atoms with Gasteiger partial charge in [-0.3, -0.25) is 4.79 Å². The Morgan fingerprint density at radius 2 is 2.19 bits per heavy atom. The average molecular weight is 312 g/mol. The Morgan fingerprint density at radius 3 is 2.90 bits per heavy atom. The lowest BCUT2D eigenvalue weighted by molar-refractivity contribution is -0.116. The summed E-state index contributed by atoms with van der Waals surface area (Å²) < 4.78 is 13.5. The first-order valence-corrected chi connectivity index (χ1v) is 7.50. The van der Waals surface area contributed by atoms with Crippen molar-refractivity contribution in [2.45, 2.75) is 19.3 Å². The second-order valence-electron chi connectivity index (χ2n) is 5.35. The van der Waals surface area contributed by atoms with Gasteiger partial charge in [-0.05, 0) is 42.9 Å². The molecular weight excluding hydrogens is 293 g/mol. The van der Waals surface area contributed by atoms with Gasteiger partial charge in [0.15, 0.2) is 0 Å². The molecule has 5 heteroatoms. The predicted octanol–water partition coefficient (Wildman–Crippen LogP) is 3.02. The third-order valence-corrected chi connectivity index (χ3v) is 4.32. The highest BCUT2D eigenvalue weighted by molar-refractivity contribution is 6.32. The minimum Gasteiger partial charge on any atom is -0.396 e. The van der Waals surface area contributed by atoms with Gasteiger partial charge in [-0.25, -0.2) is 4.39 Å². The predicted molar refractivity (Wildman–Crippen MR) is 81.4 cm³/mol. The molecule has 21 heavy (non-hydrogen) atoms. The van der Waals surface area contributed by atoms with E-state index in [2.05, 4.69) is 5.32 Å². The fraction of sp³-hybridized carbons (Fsp3) is 0.438. The Hall–Kier alpha value is -1.39. The largest absolute Gasteiger partial charge is 0.396 e. The fourth-order valence-corrected chi connectivity index (χ4v) is 2.97. The monoisotopic (exact) mass is 311 g/mol. The van der Waals surface area contributed by atoms with E-state index in [-0.39, 0.29) is 29.0 Å². The van der Waals surface area contributed by atoms with Crippen molar-refractivity contribution in [1.82, 2.24) is 5.32 Å². The van der Waals surface area contributed by atoms with Crippen LogP contribution in [0.4, 0.5) is 4.39 Å². The molecule has 114 valence electrons. The van der Waals surface area contributed by atoms with E-state index in [9.17, 15) is 14.3 Å². The number of amides is 1. The minimum atomic E-state index is -0.456. The van der Waals surface area contributed by atoms with Gasteiger partial charge in [-0.1, -0.05) is 24.1 Å². The van der Waals surface area contributed by atoms with E-state index in [1.807, 2.05) is 0 Å². The Balaban J connectivity index is 1.88. The van der Waals surface area contributed by atoms with Crippen molar-refractivity contribution in [3.8, 4) is 0 Å². The van der Waals surface area contributed by atoms with Crippen LogP contribution < -0.4 is 5.32 Å². The molecule has 2 atom stereocenters. The molecule has 0 aromatic heterocycles. The maximum Gasteiger partial charge on any atom is 0.244 e. The summed E-state index contributed by atoms with van der Waals surface area (Å²) in [6.07, 6.45) is 5.79. The van der Waals surface area contributed by atoms with Gasteiger partial charge < -0.3 is 10.4 Å². The van der Waals surface area contributed by atoms with Crippen LogP contribution in [-0.4, -0.2) is 24.2 Å². The third kappa shape index (κ3) is 4.29. The number of benzene rings is 1. The van der Waals surface area contributed by atoms with E-state index in [0.717, 1.165) is 19.3 Å². The molecule has 2 N–H and O–H groups in total. The second kappa shape index (κ2) is 7.57. The van der Waals surface area contributed by atoms with E-state index < -0.39 is 5.82 Å². The van der Waals surface area contributed by atoms with Crippen molar-refractivity contribution < 1.29 is 14.3 Å². The molecule has 0 heterocycles. The Kier molecular flexibility index (Phi) is 5.76. The molecule has 1 amide bonds. The molecule has 1 aliphatic rings. The zero-order valence-electron chi connectivity index (χ0n) is 11.7. The minimum absolute atomic E-state index is 0.168. The van der Waals surface area contributed by atoms with Crippen molar-refractivity contribution in [2.75, 3.05) is 13.2 Å². The Morgan fingerprint density at radius 1 is 1.43 bits per heavy atom. The molecule has 1 fully saturated rings. The van der Waals surface area contributed by atoms with Crippen LogP contribution in [0.5, 0.6) is 0 Å². The molecule has 0 spiro atoms. The number of carbonyl (C=O) groups is 1. The van der Waals surface area contributed by atoms with E-state index in [1.165, 1.54) is 24.3 Å². The van der Waals surface area contributed by atoms with Gasteiger partial charge in [0.1, 0.15) is 5.82 Å². The topological polar surface area (TPSA) is 49.3 Å². The lowest BCUT2D eigenvalue weighted by Crippen LogP contribution is -2.30. The molecular formula is C16H19ClFNO2. The van der Waals surface area contributed by atoms with Crippen LogP contribution in [-0.2, 0) is 4.79 Å². The Bertz CT molecular complexity index is 513. The molecule has 1 aromatic rings. The highest BCUT2D eigenvalue weighted by atomic mass is 35.5. The molecule has 0 saturated heterocycles. The van der Waals surface area contributed by atoms with Crippen LogP contribution in [0.2, 0.25) is 5.02 Å². The first-order valence-electron chi connectivity index (χ1n) is 7.12. The van der Waals surface area contributed by atoms with Gasteiger partial charge in [0.05, 0.1) is 5.02 Å². The van der Waals surface area contributed by atoms with Crippen LogP contribution in [0, 0.1) is 17.7 Å². The number of nitrogens with one attached hydrogen (secondary N) is 1. The second-order valence-corrected chi connectivity index (χ2v) is 5.75. The zero-order chi connectivity index (χ0) is 15.2. The maximum absolute atomic E-state index is 13.5. The summed E-state index contributed by atoms with van der Waals surface area (Å²) in [5.41, 5.74) is 0.211. The number of hydrogen-bond acceptors (Lipinski definition) is 2. The standard InChI is InChI=1S/C16H19ClFNO2/c17-14-5-2-6-15(18)13(14)7-8-16(21)19-9-11-3-1-4-12(11)10-20/h2,5-8,11-12,20H,1,3-4,9-10H2,(H,19,21). The summed E-state index contributed by atoms with van der Waals surface area (Å²) in [5, 5.41) is 12.3. The van der Waals surface area contributed by atoms with Crippen molar-refractivity contribution in [1.29, 1.82) is 0 Å². The highest BCUT2D eigenvalue weighted by Crippen LogP contribution is 2.30. The van der Waals surface area contributed by atoms with E-state index in [1.54, 1.807) is 6.07 Å². The van der Waals surface area contributed by atoms with Gasteiger partial charge in [0.2, 0.25) is 5.91 Å². The third-order valence-electron chi connectivity index (χ3n) is 3.99. The zero-order valence-corrected chi connectivity index (χ0v) is 12.4. The smallest absolute Gasteiger partial charge is 0.244 e. The first kappa shape index (κ1) is 16.0. The number of aliphatic hydroxyl groups is 1. The number of rotatable bonds is 5. The van der Waals surface area contributed by atoms with Gasteiger partial charge >= 0.3 is 0 Å². The van der Waals surface area contributed by atoms with E-state index in [4.69, 9.17) is 11.6 Å². The molecule has 2 rings (SSSR count). The lowest BCUT2D eigenvalue weighted by atomic mass is 9.97. The summed E-state index contributed by atoms with van der Waals surface area (Å²) in [5.74, 6) is -0.139. The van der Waals surface area contributed by atoms with Gasteiger partial charge in [-0.2, -0.15) is 0 Å². The van der Waals surface area contributed by atoms with Gasteiger partial charge in [-0.15, -0.1) is 0 Å². The molecule has 1 aromatic carbocycles. The van der Waals surface area contributed by atoms with E-state index in [0.29, 0.717) is 12.5 Å². The molecule has 0 radical (unpaired) electrons. The van der Waals surface area contributed by atoms with Gasteiger partial charge in [0, 0.05) is 24.8 Å². The molecule has 1 aliphatic carbocycles. The van der Waals surface area contributed by atoms with Crippen LogP contribution in [0.1, 0.15) is 24.8 Å². The lowest BCUT2D eigenvalue weighted by Gasteiger charge is -2.17. The molecule has 0 bridgehead atoms. The van der Waals surface area contributed by atoms with Crippen molar-refractivity contribution in [3.63, 3.8) is 0 Å². The van der Waals surface area contributed by atoms with Crippen LogP contribution in [0.25, 0.3) is 6.08 Å². The molecule has 2 unspecified atom stereocenters. The number of halogens is 2. The quantitative estimate of drug-likeness (QED) is 0.821. The van der Waals surface area contributed by atoms with Crippen molar-refractivity contribution in [2.24, 2.45) is 11.8 Å². The summed E-state index contributed by atoms with van der Waals surface area (Å²) in [6.45, 7) is 0.709. The summed E-state index contributed by atoms with van der Waals surface area (Å²) in [6, 6.07) is 4.39. The normalized spacial score (nSPS) is 21.9. The summed E-state index contributed by atoms with van der Waals surface area (Å²) in [4.78, 5) is 11.8. The van der Waals surface area contributed by atoms with Gasteiger partial charge in [0.25, 0.3) is 0 Å². The first-order chi connectivity index (χ1) is 10.1. The van der Waals surface area contributed by atoms with E-state index >= 15 is 0 Å². The number of carbonyl (C=O) groups excluding carboxylic acids is 1. The maximum atomic E-state index is 13.5. The summed E-state index contributed by atoms with van der Waals surface area (Å²) >= 11 is 5.88. The number of aliphatic hydroxyl groups excluding tert-OH is 1. The molecule has 3 nitrogen and oxygen atoms in total. The molecule has 0 aliphatic heterocycles. The Labute approximate surface area is 128 Å². The number of hydrogen-bond donors (Lipinski definition) is 2. The highest BCUT2D eigenvalue weighted by Gasteiger charge is 2.26. The van der Waals surface area contributed by atoms with Crippen LogP contribution in [0.15, 0.2) is 24.3 Å². The van der Waals surface area contributed by atoms with Crippen LogP contribution >= 0.6 is 11.6 Å². The van der Waals surface area contributed by atoms with Crippen LogP contribution in [0.3, 0.4) is 0 Å².